The Morgan fingerprint density at radius 2 is 1.71 bits per heavy atom. The Balaban J connectivity index is 1.51. The molecule has 1 N–H and O–H groups in total. The summed E-state index contributed by atoms with van der Waals surface area (Å²) in [5.41, 5.74) is 3.24. The van der Waals surface area contributed by atoms with E-state index >= 15 is 0 Å². The largest absolute Gasteiger partial charge is 0.288 e. The van der Waals surface area contributed by atoms with Crippen molar-refractivity contribution in [3.05, 3.63) is 78.6 Å². The zero-order chi connectivity index (χ0) is 16.2. The average molecular weight is 316 g/mol. The van der Waals surface area contributed by atoms with Crippen LogP contribution in [0, 0.1) is 0 Å². The van der Waals surface area contributed by atoms with Crippen molar-refractivity contribution in [2.75, 3.05) is 0 Å². The van der Waals surface area contributed by atoms with Crippen LogP contribution < -0.4 is 0 Å². The van der Waals surface area contributed by atoms with Gasteiger partial charge in [0.1, 0.15) is 18.5 Å². The summed E-state index contributed by atoms with van der Waals surface area (Å²) >= 11 is 0. The molecule has 24 heavy (non-hydrogen) atoms. The van der Waals surface area contributed by atoms with Gasteiger partial charge in [-0.3, -0.25) is 9.67 Å². The van der Waals surface area contributed by atoms with Crippen molar-refractivity contribution in [3.63, 3.8) is 0 Å². The van der Waals surface area contributed by atoms with E-state index < -0.39 is 0 Å². The fourth-order valence-corrected chi connectivity index (χ4v) is 2.58. The molecule has 118 valence electrons. The second-order valence-electron chi connectivity index (χ2n) is 5.51. The topological polar surface area (TPSA) is 72.3 Å². The third kappa shape index (κ3) is 3.08. The Hall–Kier alpha value is -3.28. The Bertz CT molecular complexity index is 912. The molecule has 0 aliphatic rings. The van der Waals surface area contributed by atoms with E-state index in [4.69, 9.17) is 0 Å². The molecule has 0 unspecified atom stereocenters. The number of rotatable bonds is 5. The third-order valence-corrected chi connectivity index (χ3v) is 3.85. The highest BCUT2D eigenvalue weighted by Gasteiger charge is 2.07. The second-order valence-corrected chi connectivity index (χ2v) is 5.51. The van der Waals surface area contributed by atoms with E-state index in [1.54, 1.807) is 12.7 Å². The maximum atomic E-state index is 4.61. The van der Waals surface area contributed by atoms with Gasteiger partial charge in [0.2, 0.25) is 0 Å². The van der Waals surface area contributed by atoms with Crippen molar-refractivity contribution in [1.29, 1.82) is 0 Å². The molecule has 2 aromatic carbocycles. The number of aryl methyl sites for hydroxylation is 2. The molecule has 0 radical (unpaired) electrons. The fraction of sp³-hybridized carbons (Fsp3) is 0.111. The summed E-state index contributed by atoms with van der Waals surface area (Å²) in [5, 5.41) is 15.0. The van der Waals surface area contributed by atoms with Gasteiger partial charge in [0.15, 0.2) is 5.82 Å². The molecule has 4 rings (SSSR count). The Morgan fingerprint density at radius 3 is 2.54 bits per heavy atom. The first kappa shape index (κ1) is 14.3. The van der Waals surface area contributed by atoms with Crippen LogP contribution in [0.15, 0.2) is 67.3 Å². The highest BCUT2D eigenvalue weighted by Crippen LogP contribution is 2.18. The molecule has 0 aliphatic heterocycles. The predicted octanol–water partition coefficient (Wildman–Crippen LogP) is 2.84. The minimum Gasteiger partial charge on any atom is -0.288 e. The lowest BCUT2D eigenvalue weighted by atomic mass is 10.1. The number of aromatic amines is 1. The zero-order valence-electron chi connectivity index (χ0n) is 13.0. The molecule has 4 aromatic rings. The van der Waals surface area contributed by atoms with Crippen LogP contribution in [-0.2, 0) is 12.8 Å². The Kier molecular flexibility index (Phi) is 3.85. The third-order valence-electron chi connectivity index (χ3n) is 3.85. The molecule has 2 heterocycles. The molecule has 0 bridgehead atoms. The lowest BCUT2D eigenvalue weighted by Crippen LogP contribution is -1.93. The summed E-state index contributed by atoms with van der Waals surface area (Å²) in [5.74, 6) is 1.59. The Morgan fingerprint density at radius 1 is 0.875 bits per heavy atom. The number of hydrogen-bond donors (Lipinski definition) is 1. The zero-order valence-corrected chi connectivity index (χ0v) is 13.0. The Labute approximate surface area is 139 Å². The van der Waals surface area contributed by atoms with Crippen LogP contribution >= 0.6 is 0 Å². The first-order valence-electron chi connectivity index (χ1n) is 7.79. The highest BCUT2D eigenvalue weighted by molar-refractivity contribution is 5.58. The van der Waals surface area contributed by atoms with Gasteiger partial charge in [-0.25, -0.2) is 4.98 Å². The van der Waals surface area contributed by atoms with E-state index in [0.717, 1.165) is 29.9 Å². The number of aromatic nitrogens is 6. The smallest absolute Gasteiger partial charge is 0.181 e. The van der Waals surface area contributed by atoms with E-state index in [2.05, 4.69) is 49.6 Å². The van der Waals surface area contributed by atoms with Gasteiger partial charge in [0.25, 0.3) is 0 Å². The minimum atomic E-state index is 0.702. The van der Waals surface area contributed by atoms with Crippen LogP contribution in [0.3, 0.4) is 0 Å². The number of hydrogen-bond acceptors (Lipinski definition) is 4. The molecule has 2 aromatic heterocycles. The van der Waals surface area contributed by atoms with E-state index in [1.165, 1.54) is 5.56 Å². The quantitative estimate of drug-likeness (QED) is 0.614. The summed E-state index contributed by atoms with van der Waals surface area (Å²) in [7, 11) is 0. The average Bonchev–Trinajstić information content (AvgIpc) is 3.33. The van der Waals surface area contributed by atoms with Crippen LogP contribution in [0.25, 0.3) is 17.1 Å². The van der Waals surface area contributed by atoms with E-state index in [1.807, 2.05) is 34.9 Å². The van der Waals surface area contributed by atoms with Crippen molar-refractivity contribution >= 4 is 0 Å². The normalized spacial score (nSPS) is 10.8. The van der Waals surface area contributed by atoms with Gasteiger partial charge in [0, 0.05) is 17.7 Å². The maximum absolute atomic E-state index is 4.61. The van der Waals surface area contributed by atoms with Gasteiger partial charge in [-0.05, 0) is 24.1 Å². The number of benzene rings is 2. The van der Waals surface area contributed by atoms with Crippen LogP contribution in [0.1, 0.15) is 11.4 Å². The summed E-state index contributed by atoms with van der Waals surface area (Å²) in [4.78, 5) is 4.61. The molecule has 0 spiro atoms. The maximum Gasteiger partial charge on any atom is 0.181 e. The van der Waals surface area contributed by atoms with Gasteiger partial charge in [-0.2, -0.15) is 5.10 Å². The van der Waals surface area contributed by atoms with Gasteiger partial charge in [-0.1, -0.05) is 42.5 Å². The summed E-state index contributed by atoms with van der Waals surface area (Å²) < 4.78 is 1.85. The van der Waals surface area contributed by atoms with E-state index in [-0.39, 0.29) is 0 Å². The standard InChI is InChI=1S/C18H16N6/c1-2-5-14(6-3-1)9-10-17-21-18(23-22-17)15-7-4-8-16(11-15)24-12-19-20-13-24/h1-8,11-13H,9-10H2,(H,21,22,23). The highest BCUT2D eigenvalue weighted by atomic mass is 15.2. The van der Waals surface area contributed by atoms with Gasteiger partial charge < -0.3 is 0 Å². The molecule has 0 amide bonds. The molecule has 0 fully saturated rings. The SMILES string of the molecule is c1ccc(CCc2nc(-c3cccc(-n4cnnc4)c3)n[nH]2)cc1. The number of nitrogens with one attached hydrogen (secondary N) is 1. The summed E-state index contributed by atoms with van der Waals surface area (Å²) in [6, 6.07) is 18.4. The number of H-pyrrole nitrogens is 1. The van der Waals surface area contributed by atoms with Gasteiger partial charge >= 0.3 is 0 Å². The molecular formula is C18H16N6. The van der Waals surface area contributed by atoms with Crippen LogP contribution in [-0.4, -0.2) is 29.9 Å². The van der Waals surface area contributed by atoms with Crippen molar-refractivity contribution in [3.8, 4) is 17.1 Å². The summed E-state index contributed by atoms with van der Waals surface area (Å²) in [6.45, 7) is 0. The van der Waals surface area contributed by atoms with Crippen LogP contribution in [0.5, 0.6) is 0 Å². The minimum absolute atomic E-state index is 0.702. The monoisotopic (exact) mass is 316 g/mol. The molecule has 0 aliphatic carbocycles. The van der Waals surface area contributed by atoms with Crippen molar-refractivity contribution in [2.45, 2.75) is 12.8 Å². The van der Waals surface area contributed by atoms with Crippen molar-refractivity contribution in [2.24, 2.45) is 0 Å². The molecule has 0 saturated heterocycles. The molecule has 0 saturated carbocycles. The van der Waals surface area contributed by atoms with Crippen LogP contribution in [0.2, 0.25) is 0 Å². The lowest BCUT2D eigenvalue weighted by molar-refractivity contribution is 0.865. The summed E-state index contributed by atoms with van der Waals surface area (Å²) in [6.07, 6.45) is 5.11. The lowest BCUT2D eigenvalue weighted by Gasteiger charge is -2.02. The molecule has 6 heteroatoms. The molecular weight excluding hydrogens is 300 g/mol. The molecule has 6 nitrogen and oxygen atoms in total. The van der Waals surface area contributed by atoms with E-state index in [9.17, 15) is 0 Å². The first-order chi connectivity index (χ1) is 11.9. The van der Waals surface area contributed by atoms with Crippen LogP contribution in [0.4, 0.5) is 0 Å². The number of nitrogens with zero attached hydrogens (tertiary/aromatic N) is 5. The van der Waals surface area contributed by atoms with Crippen molar-refractivity contribution < 1.29 is 0 Å². The predicted molar refractivity (Wildman–Crippen MR) is 90.6 cm³/mol. The second kappa shape index (κ2) is 6.45. The van der Waals surface area contributed by atoms with E-state index in [0.29, 0.717) is 5.82 Å². The first-order valence-corrected chi connectivity index (χ1v) is 7.79. The fourth-order valence-electron chi connectivity index (χ4n) is 2.58. The molecule has 0 atom stereocenters. The van der Waals surface area contributed by atoms with Crippen molar-refractivity contribution in [1.82, 2.24) is 29.9 Å². The van der Waals surface area contributed by atoms with Gasteiger partial charge in [-0.15, -0.1) is 10.2 Å². The van der Waals surface area contributed by atoms with Gasteiger partial charge in [0.05, 0.1) is 0 Å².